The second-order valence-electron chi connectivity index (χ2n) is 6.08. The Labute approximate surface area is 154 Å². The molecule has 150 valence electrons. The van der Waals surface area contributed by atoms with E-state index < -0.39 is 39.4 Å². The molecule has 1 aliphatic heterocycles. The number of carbonyl (C=O) groups is 2. The van der Waals surface area contributed by atoms with Gasteiger partial charge in [0.25, 0.3) is 0 Å². The van der Waals surface area contributed by atoms with Gasteiger partial charge in [-0.05, 0) is 24.6 Å². The van der Waals surface area contributed by atoms with Crippen molar-refractivity contribution in [1.29, 1.82) is 0 Å². The van der Waals surface area contributed by atoms with Gasteiger partial charge >= 0.3 is 18.0 Å². The summed E-state index contributed by atoms with van der Waals surface area (Å²) in [4.78, 5) is 25.8. The molecule has 7 nitrogen and oxygen atoms in total. The number of carbonyl (C=O) groups excluding carboxylic acids is 2. The van der Waals surface area contributed by atoms with Crippen LogP contribution in [-0.4, -0.2) is 62.9 Å². The van der Waals surface area contributed by atoms with Gasteiger partial charge in [0.2, 0.25) is 0 Å². The van der Waals surface area contributed by atoms with E-state index in [4.69, 9.17) is 4.74 Å². The molecule has 0 bridgehead atoms. The number of ether oxygens (including phenoxy) is 1. The van der Waals surface area contributed by atoms with E-state index in [0.717, 1.165) is 17.0 Å². The van der Waals surface area contributed by atoms with E-state index in [1.165, 1.54) is 13.2 Å². The number of rotatable bonds is 5. The van der Waals surface area contributed by atoms with Crippen LogP contribution in [0.15, 0.2) is 24.3 Å². The molecule has 0 aliphatic carbocycles. The van der Waals surface area contributed by atoms with E-state index in [2.05, 4.69) is 5.32 Å². The van der Waals surface area contributed by atoms with E-state index in [-0.39, 0.29) is 36.8 Å². The zero-order chi connectivity index (χ0) is 20.2. The highest BCUT2D eigenvalue weighted by Gasteiger charge is 2.37. The minimum atomic E-state index is -4.59. The zero-order valence-corrected chi connectivity index (χ0v) is 15.3. The van der Waals surface area contributed by atoms with E-state index in [0.29, 0.717) is 6.07 Å². The van der Waals surface area contributed by atoms with Crippen molar-refractivity contribution in [2.45, 2.75) is 18.6 Å². The molecule has 27 heavy (non-hydrogen) atoms. The number of methoxy groups -OCH3 is 1. The van der Waals surface area contributed by atoms with Gasteiger partial charge in [0.05, 0.1) is 23.7 Å². The van der Waals surface area contributed by atoms with Crippen LogP contribution in [0.4, 0.5) is 18.9 Å². The second-order valence-corrected chi connectivity index (χ2v) is 8.31. The lowest BCUT2D eigenvalue weighted by atomic mass is 10.2. The fourth-order valence-electron chi connectivity index (χ4n) is 2.75. The van der Waals surface area contributed by atoms with Gasteiger partial charge < -0.3 is 15.0 Å². The highest BCUT2D eigenvalue weighted by Crippen LogP contribution is 2.30. The van der Waals surface area contributed by atoms with E-state index >= 15 is 0 Å². The largest absolute Gasteiger partial charge is 0.416 e. The van der Waals surface area contributed by atoms with Crippen LogP contribution in [0.1, 0.15) is 12.0 Å². The highest BCUT2D eigenvalue weighted by atomic mass is 32.2. The Bertz CT molecular complexity index is 811. The van der Waals surface area contributed by atoms with Crippen LogP contribution in [0.2, 0.25) is 0 Å². The summed E-state index contributed by atoms with van der Waals surface area (Å²) in [6, 6.07) is 3.20. The van der Waals surface area contributed by atoms with Crippen LogP contribution in [0.25, 0.3) is 0 Å². The van der Waals surface area contributed by atoms with Gasteiger partial charge in [-0.2, -0.15) is 13.2 Å². The molecular formula is C16H19F3N2O5S. The summed E-state index contributed by atoms with van der Waals surface area (Å²) in [6.07, 6.45) is -4.40. The fourth-order valence-corrected chi connectivity index (χ4v) is 4.48. The summed E-state index contributed by atoms with van der Waals surface area (Å²) in [6.45, 7) is 0.0741. The lowest BCUT2D eigenvalue weighted by Crippen LogP contribution is -2.47. The van der Waals surface area contributed by atoms with Crippen molar-refractivity contribution >= 4 is 27.3 Å². The van der Waals surface area contributed by atoms with Crippen LogP contribution in [-0.2, 0) is 30.3 Å². The fraction of sp³-hybridized carbons (Fsp3) is 0.500. The molecule has 0 radical (unpaired) electrons. The molecule has 1 unspecified atom stereocenters. The third kappa shape index (κ3) is 5.67. The summed E-state index contributed by atoms with van der Waals surface area (Å²) in [5.41, 5.74) is -1.15. The number of benzene rings is 1. The summed E-state index contributed by atoms with van der Waals surface area (Å²) in [5, 5.41) is 2.13. The van der Waals surface area contributed by atoms with Crippen molar-refractivity contribution in [1.82, 2.24) is 4.90 Å². The van der Waals surface area contributed by atoms with Crippen LogP contribution in [0, 0.1) is 0 Å². The molecule has 1 aliphatic rings. The van der Waals surface area contributed by atoms with Gasteiger partial charge in [0.1, 0.15) is 0 Å². The first kappa shape index (κ1) is 21.2. The Hall–Kier alpha value is -2.14. The Morgan fingerprint density at radius 2 is 2.04 bits per heavy atom. The number of sulfone groups is 1. The number of hydrogen-bond donors (Lipinski definition) is 1. The molecule has 11 heteroatoms. The quantitative estimate of drug-likeness (QED) is 0.742. The molecule has 2 rings (SSSR count). The molecule has 1 heterocycles. The molecule has 1 saturated heterocycles. The van der Waals surface area contributed by atoms with Crippen molar-refractivity contribution in [3.05, 3.63) is 29.8 Å². The maximum absolute atomic E-state index is 12.7. The Kier molecular flexibility index (Phi) is 6.47. The molecular weight excluding hydrogens is 389 g/mol. The number of amides is 2. The van der Waals surface area contributed by atoms with Gasteiger partial charge in [-0.3, -0.25) is 9.59 Å². The normalized spacial score (nSPS) is 18.9. The van der Waals surface area contributed by atoms with Crippen LogP contribution < -0.4 is 5.32 Å². The maximum atomic E-state index is 12.7. The predicted molar refractivity (Wildman–Crippen MR) is 90.7 cm³/mol. The minimum absolute atomic E-state index is 0.00840. The average Bonchev–Trinajstić information content (AvgIpc) is 2.94. The second kappa shape index (κ2) is 8.26. The molecule has 0 spiro atoms. The van der Waals surface area contributed by atoms with Crippen molar-refractivity contribution < 1.29 is 35.9 Å². The third-order valence-electron chi connectivity index (χ3n) is 4.09. The molecule has 2 amide bonds. The first-order chi connectivity index (χ1) is 12.5. The standard InChI is InChI=1S/C16H19F3N2O5S/c1-26-7-6-21(13-5-8-27(24,25)10-13)15(23)14(22)20-12-4-2-3-11(9-12)16(17,18)19/h2-4,9,13H,5-8,10H2,1H3,(H,20,22). The van der Waals surface area contributed by atoms with Crippen LogP contribution in [0.3, 0.4) is 0 Å². The molecule has 1 aromatic rings. The first-order valence-corrected chi connectivity index (χ1v) is 9.84. The summed E-state index contributed by atoms with van der Waals surface area (Å²) >= 11 is 0. The van der Waals surface area contributed by atoms with Crippen molar-refractivity contribution in [3.8, 4) is 0 Å². The van der Waals surface area contributed by atoms with Gasteiger partial charge in [-0.25, -0.2) is 8.42 Å². The number of nitrogens with zero attached hydrogens (tertiary/aromatic N) is 1. The molecule has 1 N–H and O–H groups in total. The first-order valence-electron chi connectivity index (χ1n) is 8.02. The Morgan fingerprint density at radius 3 is 2.59 bits per heavy atom. The van der Waals surface area contributed by atoms with Crippen molar-refractivity contribution in [3.63, 3.8) is 0 Å². The average molecular weight is 408 g/mol. The molecule has 1 aromatic carbocycles. The number of nitrogens with one attached hydrogen (secondary N) is 1. The molecule has 1 fully saturated rings. The van der Waals surface area contributed by atoms with Gasteiger partial charge in [0, 0.05) is 25.4 Å². The summed E-state index contributed by atoms with van der Waals surface area (Å²) in [7, 11) is -1.91. The number of hydrogen-bond acceptors (Lipinski definition) is 5. The third-order valence-corrected chi connectivity index (χ3v) is 5.84. The monoisotopic (exact) mass is 408 g/mol. The summed E-state index contributed by atoms with van der Waals surface area (Å²) in [5.74, 6) is -2.52. The SMILES string of the molecule is COCCN(C(=O)C(=O)Nc1cccc(C(F)(F)F)c1)C1CCS(=O)(=O)C1. The lowest BCUT2D eigenvalue weighted by Gasteiger charge is -2.27. The number of alkyl halides is 3. The van der Waals surface area contributed by atoms with E-state index in [1.807, 2.05) is 0 Å². The van der Waals surface area contributed by atoms with E-state index in [1.54, 1.807) is 0 Å². The zero-order valence-electron chi connectivity index (χ0n) is 14.5. The molecule has 0 saturated carbocycles. The van der Waals surface area contributed by atoms with Gasteiger partial charge in [0.15, 0.2) is 9.84 Å². The molecule has 0 aromatic heterocycles. The van der Waals surface area contributed by atoms with Crippen LogP contribution in [0.5, 0.6) is 0 Å². The highest BCUT2D eigenvalue weighted by molar-refractivity contribution is 7.91. The van der Waals surface area contributed by atoms with Crippen molar-refractivity contribution in [2.75, 3.05) is 37.1 Å². The topological polar surface area (TPSA) is 92.8 Å². The van der Waals surface area contributed by atoms with Crippen molar-refractivity contribution in [2.24, 2.45) is 0 Å². The maximum Gasteiger partial charge on any atom is 0.416 e. The number of halogens is 3. The predicted octanol–water partition coefficient (Wildman–Crippen LogP) is 1.31. The lowest BCUT2D eigenvalue weighted by molar-refractivity contribution is -0.145. The molecule has 1 atom stereocenters. The van der Waals surface area contributed by atoms with E-state index in [9.17, 15) is 31.2 Å². The van der Waals surface area contributed by atoms with Crippen LogP contribution >= 0.6 is 0 Å². The van der Waals surface area contributed by atoms with Gasteiger partial charge in [-0.15, -0.1) is 0 Å². The Balaban J connectivity index is 2.14. The van der Waals surface area contributed by atoms with Gasteiger partial charge in [-0.1, -0.05) is 6.07 Å². The summed E-state index contributed by atoms with van der Waals surface area (Å²) < 4.78 is 66.5. The minimum Gasteiger partial charge on any atom is -0.383 e. The number of anilines is 1. The Morgan fingerprint density at radius 1 is 1.33 bits per heavy atom. The smallest absolute Gasteiger partial charge is 0.383 e.